The summed E-state index contributed by atoms with van der Waals surface area (Å²) in [6.45, 7) is 9.95. The molecule has 1 heterocycles. The Labute approximate surface area is 150 Å². The molecule has 4 nitrogen and oxygen atoms in total. The van der Waals surface area contributed by atoms with Gasteiger partial charge in [-0.25, -0.2) is 4.98 Å². The van der Waals surface area contributed by atoms with E-state index in [0.29, 0.717) is 13.1 Å². The van der Waals surface area contributed by atoms with Gasteiger partial charge in [0.25, 0.3) is 0 Å². The van der Waals surface area contributed by atoms with E-state index in [9.17, 15) is 4.79 Å². The zero-order valence-corrected chi connectivity index (χ0v) is 15.2. The lowest BCUT2D eigenvalue weighted by molar-refractivity contribution is -0.138. The smallest absolute Gasteiger partial charge is 0.226 e. The third-order valence-corrected chi connectivity index (χ3v) is 5.09. The number of hydrogen-bond acceptors (Lipinski definition) is 2. The summed E-state index contributed by atoms with van der Waals surface area (Å²) in [5.41, 5.74) is 3.83. The summed E-state index contributed by atoms with van der Waals surface area (Å²) in [5.74, 6) is 1.37. The number of imidazole rings is 1. The van der Waals surface area contributed by atoms with Crippen LogP contribution >= 0.6 is 0 Å². The number of nitrogens with zero attached hydrogens (tertiary/aromatic N) is 3. The lowest BCUT2D eigenvalue weighted by Gasteiger charge is -2.31. The fourth-order valence-electron chi connectivity index (χ4n) is 3.26. The lowest BCUT2D eigenvalue weighted by Crippen LogP contribution is -2.39. The fraction of sp³-hybridized carbons (Fsp3) is 0.429. The molecule has 0 bridgehead atoms. The average molecular weight is 337 g/mol. The maximum Gasteiger partial charge on any atom is 0.226 e. The molecule has 132 valence electrons. The first-order valence-corrected chi connectivity index (χ1v) is 9.04. The van der Waals surface area contributed by atoms with Gasteiger partial charge in [0.1, 0.15) is 5.82 Å². The Morgan fingerprint density at radius 3 is 2.88 bits per heavy atom. The summed E-state index contributed by atoms with van der Waals surface area (Å²) < 4.78 is 2.14. The van der Waals surface area contributed by atoms with Crippen molar-refractivity contribution in [3.8, 4) is 0 Å². The Balaban J connectivity index is 1.76. The van der Waals surface area contributed by atoms with E-state index >= 15 is 0 Å². The molecule has 3 rings (SSSR count). The molecule has 1 aromatic carbocycles. The van der Waals surface area contributed by atoms with Gasteiger partial charge in [0.05, 0.1) is 6.54 Å². The molecule has 1 saturated carbocycles. The van der Waals surface area contributed by atoms with Crippen molar-refractivity contribution in [2.45, 2.75) is 46.2 Å². The van der Waals surface area contributed by atoms with Gasteiger partial charge in [0.15, 0.2) is 0 Å². The molecular formula is C21H27N3O. The summed E-state index contributed by atoms with van der Waals surface area (Å²) in [5, 5.41) is 0. The zero-order chi connectivity index (χ0) is 17.8. The SMILES string of the molecule is C=CCN(Cc1nccn1Cc1cc(C)ccc1C)C(=O)C1CCC1. The summed E-state index contributed by atoms with van der Waals surface area (Å²) in [6.07, 6.45) is 8.82. The quantitative estimate of drug-likeness (QED) is 0.720. The Bertz CT molecular complexity index is 758. The average Bonchev–Trinajstić information content (AvgIpc) is 2.96. The van der Waals surface area contributed by atoms with Gasteiger partial charge in [0.2, 0.25) is 5.91 Å². The van der Waals surface area contributed by atoms with Gasteiger partial charge in [-0.05, 0) is 37.8 Å². The van der Waals surface area contributed by atoms with Crippen LogP contribution in [0, 0.1) is 19.8 Å². The highest BCUT2D eigenvalue weighted by atomic mass is 16.2. The Morgan fingerprint density at radius 2 is 2.20 bits per heavy atom. The molecule has 4 heteroatoms. The molecule has 0 unspecified atom stereocenters. The third-order valence-electron chi connectivity index (χ3n) is 5.09. The van der Waals surface area contributed by atoms with Crippen LogP contribution in [0.25, 0.3) is 0 Å². The van der Waals surface area contributed by atoms with Gasteiger partial charge in [-0.1, -0.05) is 36.3 Å². The van der Waals surface area contributed by atoms with Gasteiger partial charge in [-0.2, -0.15) is 0 Å². The first-order chi connectivity index (χ1) is 12.1. The van der Waals surface area contributed by atoms with E-state index in [1.54, 1.807) is 6.08 Å². The number of carbonyl (C=O) groups is 1. The predicted molar refractivity (Wildman–Crippen MR) is 100 cm³/mol. The van der Waals surface area contributed by atoms with E-state index < -0.39 is 0 Å². The van der Waals surface area contributed by atoms with Crippen LogP contribution in [0.2, 0.25) is 0 Å². The Morgan fingerprint density at radius 1 is 1.40 bits per heavy atom. The van der Waals surface area contributed by atoms with Gasteiger partial charge >= 0.3 is 0 Å². The van der Waals surface area contributed by atoms with Crippen LogP contribution in [0.4, 0.5) is 0 Å². The third kappa shape index (κ3) is 4.01. The highest BCUT2D eigenvalue weighted by molar-refractivity contribution is 5.79. The standard InChI is InChI=1S/C21H27N3O/c1-4-11-24(21(25)18-6-5-7-18)15-20-22-10-12-23(20)14-19-13-16(2)8-9-17(19)3/h4,8-10,12-13,18H,1,5-7,11,14-15H2,2-3H3. The van der Waals surface area contributed by atoms with Crippen LogP contribution in [-0.2, 0) is 17.9 Å². The minimum absolute atomic E-state index is 0.197. The second kappa shape index (κ2) is 7.68. The summed E-state index contributed by atoms with van der Waals surface area (Å²) in [4.78, 5) is 19.0. The Hall–Kier alpha value is -2.36. The van der Waals surface area contributed by atoms with Crippen LogP contribution < -0.4 is 0 Å². The van der Waals surface area contributed by atoms with Crippen molar-refractivity contribution in [1.29, 1.82) is 0 Å². The molecule has 0 saturated heterocycles. The first kappa shape index (κ1) is 17.5. The minimum Gasteiger partial charge on any atom is -0.331 e. The number of aromatic nitrogens is 2. The lowest BCUT2D eigenvalue weighted by atomic mass is 9.84. The van der Waals surface area contributed by atoms with Crippen molar-refractivity contribution in [2.75, 3.05) is 6.54 Å². The topological polar surface area (TPSA) is 38.1 Å². The molecule has 0 atom stereocenters. The molecule has 1 fully saturated rings. The van der Waals surface area contributed by atoms with Crippen LogP contribution in [0.15, 0.2) is 43.2 Å². The summed E-state index contributed by atoms with van der Waals surface area (Å²) in [6, 6.07) is 6.52. The fourth-order valence-corrected chi connectivity index (χ4v) is 3.26. The summed E-state index contributed by atoms with van der Waals surface area (Å²) >= 11 is 0. The number of benzene rings is 1. The summed E-state index contributed by atoms with van der Waals surface area (Å²) in [7, 11) is 0. The van der Waals surface area contributed by atoms with Crippen LogP contribution in [-0.4, -0.2) is 26.9 Å². The number of rotatable bonds is 7. The maximum absolute atomic E-state index is 12.7. The van der Waals surface area contributed by atoms with Gasteiger partial charge in [-0.15, -0.1) is 6.58 Å². The molecule has 1 amide bonds. The molecule has 1 aromatic heterocycles. The molecule has 0 spiro atoms. The van der Waals surface area contributed by atoms with E-state index in [2.05, 4.69) is 48.2 Å². The second-order valence-corrected chi connectivity index (χ2v) is 7.04. The largest absolute Gasteiger partial charge is 0.331 e. The molecule has 0 radical (unpaired) electrons. The molecule has 2 aromatic rings. The van der Waals surface area contributed by atoms with E-state index in [0.717, 1.165) is 25.2 Å². The predicted octanol–water partition coefficient (Wildman–Crippen LogP) is 3.86. The van der Waals surface area contributed by atoms with Crippen molar-refractivity contribution < 1.29 is 4.79 Å². The van der Waals surface area contributed by atoms with E-state index in [-0.39, 0.29) is 11.8 Å². The number of carbonyl (C=O) groups excluding carboxylic acids is 1. The van der Waals surface area contributed by atoms with Crippen LogP contribution in [0.1, 0.15) is 41.8 Å². The van der Waals surface area contributed by atoms with Crippen molar-refractivity contribution >= 4 is 5.91 Å². The minimum atomic E-state index is 0.197. The molecule has 0 aliphatic heterocycles. The first-order valence-electron chi connectivity index (χ1n) is 9.04. The van der Waals surface area contributed by atoms with Crippen molar-refractivity contribution in [1.82, 2.24) is 14.5 Å². The van der Waals surface area contributed by atoms with Gasteiger partial charge in [-0.3, -0.25) is 4.79 Å². The van der Waals surface area contributed by atoms with Gasteiger partial charge < -0.3 is 9.47 Å². The Kier molecular flexibility index (Phi) is 5.37. The van der Waals surface area contributed by atoms with E-state index in [1.807, 2.05) is 17.3 Å². The maximum atomic E-state index is 12.7. The van der Waals surface area contributed by atoms with Crippen molar-refractivity contribution in [3.63, 3.8) is 0 Å². The zero-order valence-electron chi connectivity index (χ0n) is 15.2. The van der Waals surface area contributed by atoms with Crippen molar-refractivity contribution in [3.05, 3.63) is 65.8 Å². The highest BCUT2D eigenvalue weighted by Crippen LogP contribution is 2.28. The number of hydrogen-bond donors (Lipinski definition) is 0. The molecule has 0 N–H and O–H groups in total. The number of aryl methyl sites for hydroxylation is 2. The molecule has 25 heavy (non-hydrogen) atoms. The van der Waals surface area contributed by atoms with E-state index in [1.165, 1.54) is 23.1 Å². The molecule has 1 aliphatic carbocycles. The van der Waals surface area contributed by atoms with E-state index in [4.69, 9.17) is 0 Å². The monoisotopic (exact) mass is 337 g/mol. The molecule has 1 aliphatic rings. The van der Waals surface area contributed by atoms with Crippen molar-refractivity contribution in [2.24, 2.45) is 5.92 Å². The van der Waals surface area contributed by atoms with Crippen LogP contribution in [0.3, 0.4) is 0 Å². The van der Waals surface area contributed by atoms with Gasteiger partial charge in [0, 0.05) is 31.4 Å². The number of amides is 1. The van der Waals surface area contributed by atoms with Crippen LogP contribution in [0.5, 0.6) is 0 Å². The normalized spacial score (nSPS) is 14.2. The second-order valence-electron chi connectivity index (χ2n) is 7.04. The highest BCUT2D eigenvalue weighted by Gasteiger charge is 2.29. The molecular weight excluding hydrogens is 310 g/mol.